The van der Waals surface area contributed by atoms with Crippen LogP contribution in [-0.4, -0.2) is 91.0 Å². The zero-order valence-electron chi connectivity index (χ0n) is 26.2. The van der Waals surface area contributed by atoms with E-state index in [4.69, 9.17) is 4.74 Å². The number of allylic oxidation sites excluding steroid dienone is 1. The van der Waals surface area contributed by atoms with Gasteiger partial charge >= 0.3 is 12.1 Å². The van der Waals surface area contributed by atoms with Crippen molar-refractivity contribution in [2.75, 3.05) is 26.7 Å². The van der Waals surface area contributed by atoms with Gasteiger partial charge in [0.2, 0.25) is 11.8 Å². The molecule has 3 N–H and O–H groups in total. The van der Waals surface area contributed by atoms with Crippen molar-refractivity contribution >= 4 is 45.2 Å². The average Bonchev–Trinajstić information content (AvgIpc) is 3.34. The van der Waals surface area contributed by atoms with Crippen LogP contribution in [0.15, 0.2) is 33.9 Å². The molecule has 1 aromatic heterocycles. The zero-order valence-corrected chi connectivity index (χ0v) is 27.8. The number of carbonyl (C=O) groups excluding carboxylic acids is 3. The fourth-order valence-corrected chi connectivity index (χ4v) is 7.55. The van der Waals surface area contributed by atoms with Crippen LogP contribution in [0.3, 0.4) is 0 Å². The Bertz CT molecular complexity index is 1310. The van der Waals surface area contributed by atoms with Crippen molar-refractivity contribution in [3.05, 3.63) is 29.7 Å². The van der Waals surface area contributed by atoms with Gasteiger partial charge in [-0.25, -0.2) is 18.0 Å². The van der Waals surface area contributed by atoms with E-state index in [9.17, 15) is 32.7 Å². The zero-order chi connectivity index (χ0) is 32.7. The van der Waals surface area contributed by atoms with Gasteiger partial charge in [-0.2, -0.15) is 4.31 Å². The second-order valence-electron chi connectivity index (χ2n) is 12.6. The summed E-state index contributed by atoms with van der Waals surface area (Å²) in [5.41, 5.74) is -1.99. The minimum absolute atomic E-state index is 0.0975. The SMILES string of the molecule is CCCCC/C=C\C1C[C@]1(NC(=O)[C@@H]1CCCN1C(=O)CNC(=O)OC(CN(C)S(=O)(=O)c1cccs1)C(C)(C)C)C(=O)O. The number of likely N-dealkylation sites (N-methyl/N-ethyl adjacent to an activating group) is 1. The number of likely N-dealkylation sites (tertiary alicyclic amines) is 1. The lowest BCUT2D eigenvalue weighted by Crippen LogP contribution is -2.54. The smallest absolute Gasteiger partial charge is 0.407 e. The molecular weight excluding hydrogens is 608 g/mol. The molecule has 1 saturated carbocycles. The molecule has 12 nitrogen and oxygen atoms in total. The van der Waals surface area contributed by atoms with Crippen LogP contribution < -0.4 is 10.6 Å². The number of sulfonamides is 1. The van der Waals surface area contributed by atoms with Crippen LogP contribution in [0.1, 0.15) is 72.6 Å². The predicted molar refractivity (Wildman–Crippen MR) is 166 cm³/mol. The number of nitrogens with one attached hydrogen (secondary N) is 2. The molecule has 0 bridgehead atoms. The number of alkyl carbamates (subject to hydrolysis) is 1. The molecule has 2 fully saturated rings. The Morgan fingerprint density at radius 3 is 2.61 bits per heavy atom. The minimum Gasteiger partial charge on any atom is -0.479 e. The van der Waals surface area contributed by atoms with Gasteiger partial charge in [-0.05, 0) is 43.6 Å². The fourth-order valence-electron chi connectivity index (χ4n) is 5.18. The van der Waals surface area contributed by atoms with Gasteiger partial charge in [-0.1, -0.05) is 58.8 Å². The summed E-state index contributed by atoms with van der Waals surface area (Å²) in [7, 11) is -2.35. The number of thiophene rings is 1. The molecular formula is C30H46N4O8S2. The summed E-state index contributed by atoms with van der Waals surface area (Å²) in [5.74, 6) is -2.43. The first-order chi connectivity index (χ1) is 20.6. The van der Waals surface area contributed by atoms with E-state index in [-0.39, 0.29) is 16.7 Å². The summed E-state index contributed by atoms with van der Waals surface area (Å²) in [5, 5.41) is 16.7. The van der Waals surface area contributed by atoms with Crippen molar-refractivity contribution < 1.29 is 37.4 Å². The van der Waals surface area contributed by atoms with Gasteiger partial charge in [0.1, 0.15) is 28.4 Å². The molecule has 2 unspecified atom stereocenters. The molecule has 1 aromatic rings. The van der Waals surface area contributed by atoms with Gasteiger partial charge in [0.25, 0.3) is 10.0 Å². The summed E-state index contributed by atoms with van der Waals surface area (Å²) < 4.78 is 32.6. The van der Waals surface area contributed by atoms with Gasteiger partial charge in [-0.3, -0.25) is 9.59 Å². The molecule has 1 aliphatic carbocycles. The number of hydrogen-bond donors (Lipinski definition) is 3. The third-order valence-electron chi connectivity index (χ3n) is 8.14. The Hall–Kier alpha value is -2.97. The lowest BCUT2D eigenvalue weighted by molar-refractivity contribution is -0.145. The number of ether oxygens (including phenoxy) is 1. The molecule has 2 heterocycles. The summed E-state index contributed by atoms with van der Waals surface area (Å²) in [6.45, 7) is 7.31. The number of unbranched alkanes of at least 4 members (excludes halogenated alkanes) is 3. The van der Waals surface area contributed by atoms with Crippen molar-refractivity contribution in [2.45, 2.75) is 94.5 Å². The normalized spacial score (nSPS) is 22.6. The first kappa shape index (κ1) is 35.5. The molecule has 14 heteroatoms. The van der Waals surface area contributed by atoms with Crippen molar-refractivity contribution in [1.82, 2.24) is 19.8 Å². The van der Waals surface area contributed by atoms with Crippen molar-refractivity contribution in [1.29, 1.82) is 0 Å². The average molecular weight is 655 g/mol. The van der Waals surface area contributed by atoms with E-state index in [2.05, 4.69) is 17.6 Å². The molecule has 44 heavy (non-hydrogen) atoms. The van der Waals surface area contributed by atoms with Crippen molar-refractivity contribution in [3.8, 4) is 0 Å². The third-order valence-corrected chi connectivity index (χ3v) is 11.3. The third kappa shape index (κ3) is 8.81. The van der Waals surface area contributed by atoms with Crippen LogP contribution in [0, 0.1) is 11.3 Å². The topological polar surface area (TPSA) is 162 Å². The maximum atomic E-state index is 13.2. The second-order valence-corrected chi connectivity index (χ2v) is 15.8. The van der Waals surface area contributed by atoms with Crippen molar-refractivity contribution in [2.24, 2.45) is 11.3 Å². The number of rotatable bonds is 15. The molecule has 2 aliphatic rings. The number of aliphatic carboxylic acids is 1. The maximum absolute atomic E-state index is 13.2. The van der Waals surface area contributed by atoms with E-state index in [1.54, 1.807) is 11.4 Å². The number of hydrogen-bond acceptors (Lipinski definition) is 8. The number of nitrogens with zero attached hydrogens (tertiary/aromatic N) is 2. The van der Waals surface area contributed by atoms with Gasteiger partial charge in [0.15, 0.2) is 0 Å². The summed E-state index contributed by atoms with van der Waals surface area (Å²) in [6, 6.07) is 2.30. The predicted octanol–water partition coefficient (Wildman–Crippen LogP) is 3.60. The molecule has 3 amide bonds. The lowest BCUT2D eigenvalue weighted by Gasteiger charge is -2.33. The number of carbonyl (C=O) groups is 4. The van der Waals surface area contributed by atoms with Crippen LogP contribution in [-0.2, 0) is 29.1 Å². The number of amides is 3. The largest absolute Gasteiger partial charge is 0.479 e. The van der Waals surface area contributed by atoms with E-state index in [1.165, 1.54) is 18.0 Å². The summed E-state index contributed by atoms with van der Waals surface area (Å²) in [4.78, 5) is 52.4. The molecule has 4 atom stereocenters. The molecule has 246 valence electrons. The van der Waals surface area contributed by atoms with E-state index < -0.39 is 63.5 Å². The van der Waals surface area contributed by atoms with Crippen molar-refractivity contribution in [3.63, 3.8) is 0 Å². The molecule has 0 spiro atoms. The first-order valence-electron chi connectivity index (χ1n) is 15.1. The monoisotopic (exact) mass is 654 g/mol. The van der Waals surface area contributed by atoms with Crippen LogP contribution >= 0.6 is 11.3 Å². The highest BCUT2D eigenvalue weighted by Gasteiger charge is 2.61. The molecule has 1 saturated heterocycles. The van der Waals surface area contributed by atoms with E-state index in [1.807, 2.05) is 32.9 Å². The molecule has 0 radical (unpaired) electrons. The maximum Gasteiger partial charge on any atom is 0.407 e. The number of carboxylic acids is 1. The number of carboxylic acid groups (broad SMARTS) is 1. The van der Waals surface area contributed by atoms with Gasteiger partial charge in [0, 0.05) is 24.9 Å². The van der Waals surface area contributed by atoms with Gasteiger partial charge < -0.3 is 25.4 Å². The van der Waals surface area contributed by atoms with Crippen LogP contribution in [0.4, 0.5) is 4.79 Å². The Kier molecular flexibility index (Phi) is 12.0. The highest BCUT2D eigenvalue weighted by atomic mass is 32.2. The quantitative estimate of drug-likeness (QED) is 0.191. The molecule has 0 aromatic carbocycles. The highest BCUT2D eigenvalue weighted by molar-refractivity contribution is 7.91. The second kappa shape index (κ2) is 14.9. The van der Waals surface area contributed by atoms with Gasteiger partial charge in [0.05, 0.1) is 6.54 Å². The van der Waals surface area contributed by atoms with Crippen LogP contribution in [0.25, 0.3) is 0 Å². The first-order valence-corrected chi connectivity index (χ1v) is 17.4. The summed E-state index contributed by atoms with van der Waals surface area (Å²) in [6.07, 6.45) is 7.42. The van der Waals surface area contributed by atoms with E-state index in [0.29, 0.717) is 25.8 Å². The molecule has 1 aliphatic heterocycles. The van der Waals surface area contributed by atoms with E-state index >= 15 is 0 Å². The Labute approximate surface area is 264 Å². The molecule has 3 rings (SSSR count). The Morgan fingerprint density at radius 1 is 1.27 bits per heavy atom. The fraction of sp³-hybridized carbons (Fsp3) is 0.667. The van der Waals surface area contributed by atoms with Crippen LogP contribution in [0.2, 0.25) is 0 Å². The van der Waals surface area contributed by atoms with Gasteiger partial charge in [-0.15, -0.1) is 11.3 Å². The summed E-state index contributed by atoms with van der Waals surface area (Å²) >= 11 is 1.09. The Morgan fingerprint density at radius 2 is 2.00 bits per heavy atom. The highest BCUT2D eigenvalue weighted by Crippen LogP contribution is 2.45. The van der Waals surface area contributed by atoms with E-state index in [0.717, 1.165) is 41.3 Å². The lowest BCUT2D eigenvalue weighted by atomic mass is 9.89. The minimum atomic E-state index is -3.76. The van der Waals surface area contributed by atoms with Crippen LogP contribution in [0.5, 0.6) is 0 Å². The Balaban J connectivity index is 1.55. The standard InChI is InChI=1S/C30H46N4O8S2/c1-6-7-8-9-10-13-21-18-30(21,27(37)38)32-26(36)22-14-11-16-34(22)24(35)19-31-28(39)42-23(29(2,3)4)20-33(5)44(40,41)25-15-12-17-43-25/h10,12-13,15,17,21-23H,6-9,11,14,16,18-20H2,1-5H3,(H,31,39)(H,32,36)(H,37,38)/b13-10-/t21?,22-,23?,30+/m0/s1.